The van der Waals surface area contributed by atoms with Gasteiger partial charge in [0, 0.05) is 32.9 Å². The Labute approximate surface area is 267 Å². The Morgan fingerprint density at radius 2 is 1.00 bits per heavy atom. The van der Waals surface area contributed by atoms with Crippen molar-refractivity contribution in [1.29, 1.82) is 0 Å². The Morgan fingerprint density at radius 1 is 0.457 bits per heavy atom. The monoisotopic (exact) mass is 591 g/mol. The van der Waals surface area contributed by atoms with Crippen molar-refractivity contribution < 1.29 is 4.42 Å². The molecule has 218 valence electrons. The van der Waals surface area contributed by atoms with E-state index in [1.165, 1.54) is 33.2 Å². The zero-order valence-corrected chi connectivity index (χ0v) is 25.5. The van der Waals surface area contributed by atoms with Crippen molar-refractivity contribution in [2.75, 3.05) is 0 Å². The van der Waals surface area contributed by atoms with Crippen molar-refractivity contribution in [1.82, 2.24) is 15.0 Å². The van der Waals surface area contributed by atoms with Crippen LogP contribution in [0.3, 0.4) is 0 Å². The molecule has 0 aliphatic heterocycles. The Bertz CT molecular complexity index is 2430. The molecule has 6 aromatic carbocycles. The summed E-state index contributed by atoms with van der Waals surface area (Å²) in [5.41, 5.74) is 11.9. The van der Waals surface area contributed by atoms with Gasteiger partial charge in [0.05, 0.1) is 0 Å². The van der Waals surface area contributed by atoms with Crippen LogP contribution in [0.2, 0.25) is 0 Å². The Balaban J connectivity index is 1.20. The number of fused-ring (bicyclic) bond motifs is 7. The maximum Gasteiger partial charge on any atom is 0.164 e. The van der Waals surface area contributed by atoms with Gasteiger partial charge in [0.1, 0.15) is 11.2 Å². The molecule has 0 N–H and O–H groups in total. The van der Waals surface area contributed by atoms with Gasteiger partial charge in [-0.1, -0.05) is 135 Å². The summed E-state index contributed by atoms with van der Waals surface area (Å²) >= 11 is 0. The minimum absolute atomic E-state index is 0.210. The molecule has 4 heteroatoms. The predicted molar refractivity (Wildman–Crippen MR) is 186 cm³/mol. The minimum Gasteiger partial charge on any atom is -0.456 e. The average Bonchev–Trinajstić information content (AvgIpc) is 3.60. The molecule has 4 nitrogen and oxygen atoms in total. The van der Waals surface area contributed by atoms with Crippen molar-refractivity contribution in [3.8, 4) is 56.4 Å². The highest BCUT2D eigenvalue weighted by Gasteiger charge is 2.37. The highest BCUT2D eigenvalue weighted by Crippen LogP contribution is 2.53. The van der Waals surface area contributed by atoms with Crippen LogP contribution in [0.4, 0.5) is 0 Å². The van der Waals surface area contributed by atoms with Crippen molar-refractivity contribution in [3.63, 3.8) is 0 Å². The van der Waals surface area contributed by atoms with Crippen LogP contribution in [-0.4, -0.2) is 15.0 Å². The largest absolute Gasteiger partial charge is 0.456 e. The van der Waals surface area contributed by atoms with Crippen molar-refractivity contribution in [2.45, 2.75) is 19.3 Å². The topological polar surface area (TPSA) is 51.8 Å². The molecule has 2 heterocycles. The summed E-state index contributed by atoms with van der Waals surface area (Å²) in [6.07, 6.45) is 0. The third kappa shape index (κ3) is 4.11. The van der Waals surface area contributed by atoms with Gasteiger partial charge in [0.25, 0.3) is 0 Å². The maximum atomic E-state index is 6.27. The summed E-state index contributed by atoms with van der Waals surface area (Å²) in [6.45, 7) is 4.61. The molecule has 1 aliphatic rings. The summed E-state index contributed by atoms with van der Waals surface area (Å²) in [4.78, 5) is 15.1. The summed E-state index contributed by atoms with van der Waals surface area (Å²) in [5, 5.41) is 2.33. The predicted octanol–water partition coefficient (Wildman–Crippen LogP) is 10.7. The van der Waals surface area contributed by atoms with E-state index in [9.17, 15) is 0 Å². The summed E-state index contributed by atoms with van der Waals surface area (Å²) in [7, 11) is 0. The average molecular weight is 592 g/mol. The van der Waals surface area contributed by atoms with Crippen LogP contribution in [0.15, 0.2) is 144 Å². The fourth-order valence-corrected chi connectivity index (χ4v) is 6.97. The Hall–Kier alpha value is -5.87. The molecule has 0 atom stereocenters. The van der Waals surface area contributed by atoms with Gasteiger partial charge in [-0.2, -0.15) is 0 Å². The lowest BCUT2D eigenvalue weighted by molar-refractivity contribution is 0.656. The molecule has 46 heavy (non-hydrogen) atoms. The summed E-state index contributed by atoms with van der Waals surface area (Å²) in [5.74, 6) is 1.96. The molecule has 2 aromatic heterocycles. The van der Waals surface area contributed by atoms with Crippen LogP contribution in [0.1, 0.15) is 25.0 Å². The first-order valence-corrected chi connectivity index (χ1v) is 15.6. The molecule has 0 fully saturated rings. The lowest BCUT2D eigenvalue weighted by Crippen LogP contribution is -2.15. The first-order valence-electron chi connectivity index (χ1n) is 15.6. The number of rotatable bonds is 4. The van der Waals surface area contributed by atoms with Crippen LogP contribution in [0.5, 0.6) is 0 Å². The molecule has 0 amide bonds. The van der Waals surface area contributed by atoms with E-state index in [4.69, 9.17) is 19.4 Å². The van der Waals surface area contributed by atoms with E-state index in [1.54, 1.807) is 0 Å². The van der Waals surface area contributed by atoms with Crippen molar-refractivity contribution in [3.05, 3.63) is 151 Å². The van der Waals surface area contributed by atoms with Gasteiger partial charge in [0.15, 0.2) is 17.5 Å². The normalized spacial score (nSPS) is 13.2. The second-order valence-corrected chi connectivity index (χ2v) is 12.5. The molecule has 0 spiro atoms. The van der Waals surface area contributed by atoms with Gasteiger partial charge < -0.3 is 4.42 Å². The number of benzene rings is 6. The van der Waals surface area contributed by atoms with E-state index < -0.39 is 0 Å². The zero-order chi connectivity index (χ0) is 30.8. The number of hydrogen-bond donors (Lipinski definition) is 0. The fraction of sp³-hybridized carbons (Fsp3) is 0.0714. The second kappa shape index (κ2) is 10.1. The molecule has 0 unspecified atom stereocenters. The van der Waals surface area contributed by atoms with Gasteiger partial charge in [-0.3, -0.25) is 0 Å². The SMILES string of the molecule is CC1(C)c2cc(-c3nc(-c4ccccc4)nc(-c4ccc(-c5ccccc5)cc4)n3)ccc2-c2c1ccc1oc3ccccc3c21. The third-order valence-electron chi connectivity index (χ3n) is 9.35. The van der Waals surface area contributed by atoms with Gasteiger partial charge in [-0.15, -0.1) is 0 Å². The second-order valence-electron chi connectivity index (χ2n) is 12.5. The van der Waals surface area contributed by atoms with Crippen molar-refractivity contribution >= 4 is 21.9 Å². The summed E-state index contributed by atoms with van der Waals surface area (Å²) in [6, 6.07) is 48.3. The molecule has 9 rings (SSSR count). The molecule has 0 radical (unpaired) electrons. The summed E-state index contributed by atoms with van der Waals surface area (Å²) < 4.78 is 6.27. The molecule has 0 saturated heterocycles. The Kier molecular flexibility index (Phi) is 5.81. The van der Waals surface area contributed by atoms with E-state index in [-0.39, 0.29) is 5.41 Å². The highest BCUT2D eigenvalue weighted by molar-refractivity contribution is 6.15. The van der Waals surface area contributed by atoms with Crippen LogP contribution < -0.4 is 0 Å². The quantitative estimate of drug-likeness (QED) is 0.204. The van der Waals surface area contributed by atoms with Gasteiger partial charge in [-0.05, 0) is 51.6 Å². The molecular formula is C42H29N3O. The molecule has 0 saturated carbocycles. The molecule has 0 bridgehead atoms. The fourth-order valence-electron chi connectivity index (χ4n) is 6.97. The van der Waals surface area contributed by atoms with Gasteiger partial charge in [-0.25, -0.2) is 15.0 Å². The third-order valence-corrected chi connectivity index (χ3v) is 9.35. The van der Waals surface area contributed by atoms with E-state index in [0.717, 1.165) is 38.8 Å². The number of para-hydroxylation sites is 1. The molecule has 1 aliphatic carbocycles. The van der Waals surface area contributed by atoms with E-state index in [0.29, 0.717) is 17.5 Å². The first kappa shape index (κ1) is 26.5. The van der Waals surface area contributed by atoms with Gasteiger partial charge in [0.2, 0.25) is 0 Å². The van der Waals surface area contributed by atoms with Crippen LogP contribution >= 0.6 is 0 Å². The maximum absolute atomic E-state index is 6.27. The van der Waals surface area contributed by atoms with Crippen LogP contribution in [0.25, 0.3) is 78.4 Å². The van der Waals surface area contributed by atoms with Gasteiger partial charge >= 0.3 is 0 Å². The molecular weight excluding hydrogens is 562 g/mol. The van der Waals surface area contributed by atoms with Crippen LogP contribution in [-0.2, 0) is 5.41 Å². The van der Waals surface area contributed by atoms with E-state index in [2.05, 4.69) is 105 Å². The number of aromatic nitrogens is 3. The Morgan fingerprint density at radius 3 is 1.72 bits per heavy atom. The number of furan rings is 1. The number of nitrogens with zero attached hydrogens (tertiary/aromatic N) is 3. The zero-order valence-electron chi connectivity index (χ0n) is 25.5. The number of hydrogen-bond acceptors (Lipinski definition) is 4. The van der Waals surface area contributed by atoms with Crippen molar-refractivity contribution in [2.24, 2.45) is 0 Å². The smallest absolute Gasteiger partial charge is 0.164 e. The van der Waals surface area contributed by atoms with Crippen LogP contribution in [0, 0.1) is 0 Å². The van der Waals surface area contributed by atoms with E-state index >= 15 is 0 Å². The molecule has 8 aromatic rings. The first-order chi connectivity index (χ1) is 22.5. The standard InChI is InChI=1S/C42H29N3O/c1-42(2)33-23-24-36-38(32-15-9-10-16-35(32)46-36)37(33)31-22-21-30(25-34(31)42)41-44-39(28-13-7-4-8-14-28)43-40(45-41)29-19-17-27(18-20-29)26-11-5-3-6-12-26/h3-25H,1-2H3. The highest BCUT2D eigenvalue weighted by atomic mass is 16.3. The van der Waals surface area contributed by atoms with E-state index in [1.807, 2.05) is 48.5 Å². The lowest BCUT2D eigenvalue weighted by atomic mass is 9.81. The minimum atomic E-state index is -0.210. The lowest BCUT2D eigenvalue weighted by Gasteiger charge is -2.22.